The van der Waals surface area contributed by atoms with Gasteiger partial charge in [-0.2, -0.15) is 0 Å². The highest BCUT2D eigenvalue weighted by Gasteiger charge is 2.41. The average Bonchev–Trinajstić information content (AvgIpc) is 2.89. The predicted octanol–water partition coefficient (Wildman–Crippen LogP) is 3.41. The van der Waals surface area contributed by atoms with Crippen LogP contribution in [0.3, 0.4) is 0 Å². The number of nitrogens with two attached hydrogens (primary N) is 1. The molecule has 166 valence electrons. The average molecular weight is 438 g/mol. The fourth-order valence-electron chi connectivity index (χ4n) is 4.39. The van der Waals surface area contributed by atoms with Gasteiger partial charge < -0.3 is 20.7 Å². The molecular formula is C23H24F2N6O. The fourth-order valence-corrected chi connectivity index (χ4v) is 4.39. The number of hydrogen-bond donors (Lipinski definition) is 3. The minimum Gasteiger partial charge on any atom is -0.400 e. The van der Waals surface area contributed by atoms with Crippen LogP contribution in [0, 0.1) is 22.5 Å². The number of amidine groups is 1. The summed E-state index contributed by atoms with van der Waals surface area (Å²) in [4.78, 5) is 11.1. The molecule has 0 bridgehead atoms. The van der Waals surface area contributed by atoms with Crippen LogP contribution in [0.5, 0.6) is 0 Å². The topological polar surface area (TPSA) is 99.6 Å². The number of aromatic nitrogens is 1. The zero-order chi connectivity index (χ0) is 22.5. The minimum atomic E-state index is -0.757. The predicted molar refractivity (Wildman–Crippen MR) is 119 cm³/mol. The van der Waals surface area contributed by atoms with Crippen LogP contribution in [0.2, 0.25) is 0 Å². The van der Waals surface area contributed by atoms with Crippen LogP contribution in [0.1, 0.15) is 30.9 Å². The standard InChI is InChI=1S/C23H24F2N6O/c1-13(26)21-20(27)14-9-18(31-7-5-23(6-8-31)11-32-12-23)28-10-17(14)29-22(30-21)19-15(24)3-2-4-16(19)25/h2-4,9-10,27H,5-8,11-12,26H2,1H3,(H,29,30)/b21-13+,27-20?. The van der Waals surface area contributed by atoms with E-state index in [1.165, 1.54) is 6.07 Å². The molecule has 0 amide bonds. The highest BCUT2D eigenvalue weighted by atomic mass is 19.1. The van der Waals surface area contributed by atoms with Crippen LogP contribution in [-0.2, 0) is 4.74 Å². The summed E-state index contributed by atoms with van der Waals surface area (Å²) in [5, 5.41) is 11.7. The second-order valence-electron chi connectivity index (χ2n) is 8.66. The molecule has 2 aromatic rings. The Balaban J connectivity index is 1.52. The molecule has 9 heteroatoms. The van der Waals surface area contributed by atoms with Gasteiger partial charge in [0.15, 0.2) is 0 Å². The number of ether oxygens (including phenoxy) is 1. The quantitative estimate of drug-likeness (QED) is 0.667. The third-order valence-electron chi connectivity index (χ3n) is 6.41. The summed E-state index contributed by atoms with van der Waals surface area (Å²) in [6.07, 6.45) is 3.65. The van der Waals surface area contributed by atoms with Gasteiger partial charge >= 0.3 is 0 Å². The van der Waals surface area contributed by atoms with E-state index in [0.717, 1.165) is 57.1 Å². The van der Waals surface area contributed by atoms with Crippen LogP contribution >= 0.6 is 0 Å². The molecule has 0 atom stereocenters. The van der Waals surface area contributed by atoms with Crippen LogP contribution in [0.25, 0.3) is 0 Å². The summed E-state index contributed by atoms with van der Waals surface area (Å²) in [7, 11) is 0. The Kier molecular flexibility index (Phi) is 4.93. The smallest absolute Gasteiger partial charge is 0.144 e. The van der Waals surface area contributed by atoms with Gasteiger partial charge in [-0.3, -0.25) is 5.41 Å². The van der Waals surface area contributed by atoms with E-state index in [2.05, 4.69) is 20.2 Å². The number of allylic oxidation sites excluding steroid dienone is 2. The van der Waals surface area contributed by atoms with Crippen molar-refractivity contribution < 1.29 is 13.5 Å². The highest BCUT2D eigenvalue weighted by Crippen LogP contribution is 2.39. The Bertz CT molecular complexity index is 1140. The number of nitrogens with zero attached hydrogens (tertiary/aromatic N) is 3. The van der Waals surface area contributed by atoms with Crippen LogP contribution in [0.15, 0.2) is 46.8 Å². The van der Waals surface area contributed by atoms with Gasteiger partial charge in [0.1, 0.15) is 29.0 Å². The van der Waals surface area contributed by atoms with E-state index in [-0.39, 0.29) is 28.5 Å². The lowest BCUT2D eigenvalue weighted by atomic mass is 9.77. The fraction of sp³-hybridized carbons (Fsp3) is 0.348. The van der Waals surface area contributed by atoms with Gasteiger partial charge in [-0.1, -0.05) is 6.07 Å². The molecular weight excluding hydrogens is 414 g/mol. The van der Waals surface area contributed by atoms with Gasteiger partial charge in [0.05, 0.1) is 36.4 Å². The van der Waals surface area contributed by atoms with Crippen molar-refractivity contribution in [2.45, 2.75) is 19.8 Å². The van der Waals surface area contributed by atoms with Crippen molar-refractivity contribution in [3.05, 3.63) is 64.6 Å². The van der Waals surface area contributed by atoms with Gasteiger partial charge in [0.2, 0.25) is 0 Å². The molecule has 0 saturated carbocycles. The van der Waals surface area contributed by atoms with Crippen LogP contribution in [0.4, 0.5) is 20.3 Å². The van der Waals surface area contributed by atoms with Gasteiger partial charge in [-0.15, -0.1) is 0 Å². The molecule has 0 unspecified atom stereocenters. The van der Waals surface area contributed by atoms with Gasteiger partial charge in [0, 0.05) is 29.8 Å². The van der Waals surface area contributed by atoms with Crippen molar-refractivity contribution in [3.8, 4) is 0 Å². The van der Waals surface area contributed by atoms with Crippen molar-refractivity contribution in [1.82, 2.24) is 4.98 Å². The number of benzene rings is 1. The first-order valence-electron chi connectivity index (χ1n) is 10.6. The van der Waals surface area contributed by atoms with Crippen molar-refractivity contribution in [1.29, 1.82) is 5.41 Å². The highest BCUT2D eigenvalue weighted by molar-refractivity contribution is 6.22. The molecule has 4 N–H and O–H groups in total. The first-order valence-corrected chi connectivity index (χ1v) is 10.6. The van der Waals surface area contributed by atoms with Crippen molar-refractivity contribution >= 4 is 23.1 Å². The molecule has 32 heavy (non-hydrogen) atoms. The SMILES string of the molecule is C/C(N)=C1\N=C(c2c(F)cccc2F)Nc2cnc(N3CCC4(CC3)COC4)cc2C1=N. The number of rotatable bonds is 2. The number of aliphatic imine (C=N–C) groups is 1. The number of nitrogens with one attached hydrogen (secondary N) is 2. The van der Waals surface area contributed by atoms with Gasteiger partial charge in [0.25, 0.3) is 0 Å². The van der Waals surface area contributed by atoms with Crippen molar-refractivity contribution in [3.63, 3.8) is 0 Å². The molecule has 0 aliphatic carbocycles. The van der Waals surface area contributed by atoms with Crippen molar-refractivity contribution in [2.24, 2.45) is 16.1 Å². The monoisotopic (exact) mass is 438 g/mol. The largest absolute Gasteiger partial charge is 0.400 e. The Labute approximate surface area is 184 Å². The molecule has 3 aliphatic heterocycles. The number of piperidine rings is 1. The normalized spacial score (nSPS) is 21.3. The summed E-state index contributed by atoms with van der Waals surface area (Å²) in [6.45, 7) is 4.97. The molecule has 7 nitrogen and oxygen atoms in total. The van der Waals surface area contributed by atoms with Gasteiger partial charge in [-0.25, -0.2) is 18.8 Å². The zero-order valence-electron chi connectivity index (χ0n) is 17.7. The second-order valence-corrected chi connectivity index (χ2v) is 8.66. The third kappa shape index (κ3) is 3.42. The van der Waals surface area contributed by atoms with E-state index < -0.39 is 11.6 Å². The number of halogens is 2. The number of fused-ring (bicyclic) bond motifs is 1. The molecule has 3 aliphatic rings. The third-order valence-corrected chi connectivity index (χ3v) is 6.41. The first-order chi connectivity index (χ1) is 15.4. The molecule has 4 heterocycles. The van der Waals surface area contributed by atoms with E-state index in [0.29, 0.717) is 16.7 Å². The van der Waals surface area contributed by atoms with E-state index in [9.17, 15) is 8.78 Å². The molecule has 5 rings (SSSR count). The van der Waals surface area contributed by atoms with Crippen LogP contribution < -0.4 is 16.0 Å². The summed E-state index contributed by atoms with van der Waals surface area (Å²) in [6, 6.07) is 5.43. The summed E-state index contributed by atoms with van der Waals surface area (Å²) < 4.78 is 34.4. The van der Waals surface area contributed by atoms with Crippen LogP contribution in [-0.4, -0.2) is 42.8 Å². The van der Waals surface area contributed by atoms with E-state index in [1.807, 2.05) is 6.07 Å². The molecule has 2 fully saturated rings. The Morgan fingerprint density at radius 3 is 2.50 bits per heavy atom. The number of hydrogen-bond acceptors (Lipinski definition) is 7. The maximum atomic E-state index is 14.5. The molecule has 1 aromatic carbocycles. The van der Waals surface area contributed by atoms with E-state index in [1.54, 1.807) is 13.1 Å². The summed E-state index contributed by atoms with van der Waals surface area (Å²) in [5.41, 5.74) is 7.49. The molecule has 0 radical (unpaired) electrons. The Morgan fingerprint density at radius 2 is 1.91 bits per heavy atom. The maximum Gasteiger partial charge on any atom is 0.144 e. The zero-order valence-corrected chi connectivity index (χ0v) is 17.7. The Morgan fingerprint density at radius 1 is 1.22 bits per heavy atom. The second kappa shape index (κ2) is 7.67. The van der Waals surface area contributed by atoms with E-state index in [4.69, 9.17) is 15.9 Å². The molecule has 1 aromatic heterocycles. The first kappa shape index (κ1) is 20.6. The maximum absolute atomic E-state index is 14.5. The number of anilines is 2. The molecule has 1 spiro atoms. The summed E-state index contributed by atoms with van der Waals surface area (Å²) in [5.74, 6) is -0.817. The lowest BCUT2D eigenvalue weighted by Gasteiger charge is -2.47. The number of pyridine rings is 1. The Hall–Kier alpha value is -3.33. The van der Waals surface area contributed by atoms with Gasteiger partial charge in [-0.05, 0) is 38.0 Å². The molecule has 2 saturated heterocycles. The lowest BCUT2D eigenvalue weighted by Crippen LogP contribution is -2.51. The minimum absolute atomic E-state index is 0.0525. The lowest BCUT2D eigenvalue weighted by molar-refractivity contribution is -0.124. The van der Waals surface area contributed by atoms with Crippen molar-refractivity contribution in [2.75, 3.05) is 36.5 Å². The summed E-state index contributed by atoms with van der Waals surface area (Å²) >= 11 is 0. The van der Waals surface area contributed by atoms with E-state index >= 15 is 0 Å².